The van der Waals surface area contributed by atoms with Gasteiger partial charge in [-0.3, -0.25) is 4.79 Å². The summed E-state index contributed by atoms with van der Waals surface area (Å²) in [5.41, 5.74) is 2.16. The van der Waals surface area contributed by atoms with Crippen LogP contribution in [-0.2, 0) is 11.2 Å². The highest BCUT2D eigenvalue weighted by atomic mass is 16.1. The number of hydrogen-bond donors (Lipinski definition) is 1. The average Bonchev–Trinajstić information content (AvgIpc) is 2.36. The Bertz CT molecular complexity index is 305. The Kier molecular flexibility index (Phi) is 7.12. The Morgan fingerprint density at radius 2 is 1.65 bits per heavy atom. The van der Waals surface area contributed by atoms with E-state index in [1.165, 1.54) is 44.1 Å². The molecular formula is C15H22NO. The van der Waals surface area contributed by atoms with Crippen molar-refractivity contribution >= 4 is 12.1 Å². The topological polar surface area (TPSA) is 29.1 Å². The Labute approximate surface area is 104 Å². The second-order valence-corrected chi connectivity index (χ2v) is 4.44. The Morgan fingerprint density at radius 1 is 1.00 bits per heavy atom. The second kappa shape index (κ2) is 8.80. The van der Waals surface area contributed by atoms with Gasteiger partial charge in [-0.15, -0.1) is 0 Å². The molecular weight excluding hydrogens is 210 g/mol. The van der Waals surface area contributed by atoms with Crippen molar-refractivity contribution in [3.8, 4) is 0 Å². The zero-order chi connectivity index (χ0) is 12.3. The predicted octanol–water partition coefficient (Wildman–Crippen LogP) is 4.07. The molecule has 0 aliphatic heterocycles. The van der Waals surface area contributed by atoms with Crippen LogP contribution in [0.3, 0.4) is 0 Å². The van der Waals surface area contributed by atoms with Crippen molar-refractivity contribution in [2.45, 2.75) is 51.9 Å². The van der Waals surface area contributed by atoms with E-state index >= 15 is 0 Å². The third-order valence-corrected chi connectivity index (χ3v) is 2.97. The molecule has 2 nitrogen and oxygen atoms in total. The normalized spacial score (nSPS) is 10.2. The van der Waals surface area contributed by atoms with E-state index in [9.17, 15) is 4.79 Å². The molecule has 2 heteroatoms. The average molecular weight is 232 g/mol. The van der Waals surface area contributed by atoms with Crippen molar-refractivity contribution < 1.29 is 4.79 Å². The van der Waals surface area contributed by atoms with Crippen LogP contribution >= 0.6 is 0 Å². The molecule has 1 N–H and O–H groups in total. The molecule has 0 saturated carbocycles. The Balaban J connectivity index is 2.16. The first kappa shape index (κ1) is 13.8. The van der Waals surface area contributed by atoms with Gasteiger partial charge >= 0.3 is 6.41 Å². The number of rotatable bonds is 9. The number of nitrogens with one attached hydrogen (secondary N) is 1. The summed E-state index contributed by atoms with van der Waals surface area (Å²) in [7, 11) is 0. The van der Waals surface area contributed by atoms with E-state index in [2.05, 4.69) is 24.4 Å². The maximum atomic E-state index is 10.1. The number of carbonyl (C=O) groups excluding carboxylic acids is 1. The van der Waals surface area contributed by atoms with Gasteiger partial charge < -0.3 is 5.32 Å². The van der Waals surface area contributed by atoms with E-state index in [-0.39, 0.29) is 0 Å². The van der Waals surface area contributed by atoms with Gasteiger partial charge in [0.2, 0.25) is 0 Å². The minimum absolute atomic E-state index is 0.812. The summed E-state index contributed by atoms with van der Waals surface area (Å²) < 4.78 is 0. The van der Waals surface area contributed by atoms with Crippen LogP contribution in [-0.4, -0.2) is 6.41 Å². The first-order chi connectivity index (χ1) is 8.36. The number of aryl methyl sites for hydroxylation is 1. The summed E-state index contributed by atoms with van der Waals surface area (Å²) >= 11 is 0. The smallest absolute Gasteiger partial charge is 0.314 e. The molecule has 1 aromatic carbocycles. The molecule has 0 spiro atoms. The third-order valence-electron chi connectivity index (χ3n) is 2.97. The molecule has 1 rings (SSSR count). The SMILES string of the molecule is CCCCCCCCc1ccc(N[C]=O)cc1. The lowest BCUT2D eigenvalue weighted by atomic mass is 10.0. The number of hydrogen-bond acceptors (Lipinski definition) is 1. The molecule has 1 amide bonds. The maximum Gasteiger partial charge on any atom is 0.314 e. The number of anilines is 1. The standard InChI is InChI=1S/C15H22NO/c1-2-3-4-5-6-7-8-14-9-11-15(12-10-14)16-13-17/h9-12H,2-8H2,1H3,(H,16,17). The first-order valence-electron chi connectivity index (χ1n) is 6.59. The highest BCUT2D eigenvalue weighted by Crippen LogP contribution is 2.12. The van der Waals surface area contributed by atoms with Crippen LogP contribution in [0.5, 0.6) is 0 Å². The molecule has 0 fully saturated rings. The highest BCUT2D eigenvalue weighted by Gasteiger charge is 1.95. The van der Waals surface area contributed by atoms with Crippen molar-refractivity contribution in [3.63, 3.8) is 0 Å². The summed E-state index contributed by atoms with van der Waals surface area (Å²) in [6, 6.07) is 8.01. The highest BCUT2D eigenvalue weighted by molar-refractivity contribution is 5.71. The summed E-state index contributed by atoms with van der Waals surface area (Å²) in [5.74, 6) is 0. The van der Waals surface area contributed by atoms with Gasteiger partial charge in [-0.05, 0) is 30.5 Å². The van der Waals surface area contributed by atoms with Crippen LogP contribution in [0.4, 0.5) is 5.69 Å². The molecule has 0 heterocycles. The fraction of sp³-hybridized carbons (Fsp3) is 0.533. The van der Waals surface area contributed by atoms with E-state index < -0.39 is 0 Å². The van der Waals surface area contributed by atoms with Gasteiger partial charge in [0, 0.05) is 5.69 Å². The van der Waals surface area contributed by atoms with Crippen LogP contribution in [0.1, 0.15) is 51.0 Å². The van der Waals surface area contributed by atoms with Gasteiger partial charge in [0.1, 0.15) is 0 Å². The van der Waals surface area contributed by atoms with Crippen LogP contribution < -0.4 is 5.32 Å². The van der Waals surface area contributed by atoms with Crippen LogP contribution in [0, 0.1) is 0 Å². The van der Waals surface area contributed by atoms with E-state index in [1.54, 1.807) is 6.41 Å². The number of benzene rings is 1. The van der Waals surface area contributed by atoms with Gasteiger partial charge in [-0.2, -0.15) is 0 Å². The second-order valence-electron chi connectivity index (χ2n) is 4.44. The number of unbranched alkanes of at least 4 members (excludes halogenated alkanes) is 5. The van der Waals surface area contributed by atoms with Crippen LogP contribution in [0.25, 0.3) is 0 Å². The number of amides is 1. The largest absolute Gasteiger partial charge is 0.318 e. The quantitative estimate of drug-likeness (QED) is 0.504. The summed E-state index contributed by atoms with van der Waals surface area (Å²) in [5, 5.41) is 2.52. The molecule has 0 bridgehead atoms. The zero-order valence-corrected chi connectivity index (χ0v) is 10.7. The summed E-state index contributed by atoms with van der Waals surface area (Å²) in [6.07, 6.45) is 10.8. The van der Waals surface area contributed by atoms with Gasteiger partial charge in [-0.1, -0.05) is 51.2 Å². The minimum Gasteiger partial charge on any atom is -0.318 e. The van der Waals surface area contributed by atoms with Crippen LogP contribution in [0.15, 0.2) is 24.3 Å². The molecule has 0 aromatic heterocycles. The van der Waals surface area contributed by atoms with Gasteiger partial charge in [0.15, 0.2) is 0 Å². The molecule has 0 unspecified atom stereocenters. The molecule has 1 radical (unpaired) electrons. The van der Waals surface area contributed by atoms with Crippen molar-refractivity contribution in [2.75, 3.05) is 5.32 Å². The minimum atomic E-state index is 0.812. The summed E-state index contributed by atoms with van der Waals surface area (Å²) in [6.45, 7) is 2.24. The Morgan fingerprint density at radius 3 is 2.29 bits per heavy atom. The van der Waals surface area contributed by atoms with E-state index in [1.807, 2.05) is 12.1 Å². The molecule has 0 saturated heterocycles. The molecule has 1 aromatic rings. The lowest BCUT2D eigenvalue weighted by Crippen LogP contribution is -1.93. The van der Waals surface area contributed by atoms with Gasteiger partial charge in [0.25, 0.3) is 0 Å². The van der Waals surface area contributed by atoms with Gasteiger partial charge in [0.05, 0.1) is 0 Å². The first-order valence-corrected chi connectivity index (χ1v) is 6.59. The Hall–Kier alpha value is -1.31. The van der Waals surface area contributed by atoms with Crippen molar-refractivity contribution in [3.05, 3.63) is 29.8 Å². The summed E-state index contributed by atoms with van der Waals surface area (Å²) in [4.78, 5) is 10.1. The molecule has 0 aliphatic rings. The zero-order valence-electron chi connectivity index (χ0n) is 10.7. The van der Waals surface area contributed by atoms with Crippen molar-refractivity contribution in [2.24, 2.45) is 0 Å². The maximum absolute atomic E-state index is 10.1. The van der Waals surface area contributed by atoms with Crippen molar-refractivity contribution in [1.82, 2.24) is 0 Å². The fourth-order valence-corrected chi connectivity index (χ4v) is 1.92. The molecule has 0 aliphatic carbocycles. The lowest BCUT2D eigenvalue weighted by Gasteiger charge is -2.03. The van der Waals surface area contributed by atoms with Crippen LogP contribution in [0.2, 0.25) is 0 Å². The van der Waals surface area contributed by atoms with E-state index in [0.717, 1.165) is 12.1 Å². The monoisotopic (exact) mass is 232 g/mol. The molecule has 17 heavy (non-hydrogen) atoms. The van der Waals surface area contributed by atoms with E-state index in [0.29, 0.717) is 0 Å². The van der Waals surface area contributed by atoms with E-state index in [4.69, 9.17) is 0 Å². The predicted molar refractivity (Wildman–Crippen MR) is 72.8 cm³/mol. The third kappa shape index (κ3) is 6.10. The van der Waals surface area contributed by atoms with Gasteiger partial charge in [-0.25, -0.2) is 0 Å². The molecule has 93 valence electrons. The fourth-order valence-electron chi connectivity index (χ4n) is 1.92. The van der Waals surface area contributed by atoms with Crippen molar-refractivity contribution in [1.29, 1.82) is 0 Å². The molecule has 0 atom stereocenters. The lowest BCUT2D eigenvalue weighted by molar-refractivity contribution is 0.561.